The minimum absolute atomic E-state index is 0.0248. The summed E-state index contributed by atoms with van der Waals surface area (Å²) < 4.78 is 50.8. The second-order valence-electron chi connectivity index (χ2n) is 25.6. The van der Waals surface area contributed by atoms with Gasteiger partial charge in [0.15, 0.2) is 11.6 Å². The fourth-order valence-corrected chi connectivity index (χ4v) is 15.1. The maximum atomic E-state index is 12.9. The van der Waals surface area contributed by atoms with E-state index in [0.29, 0.717) is 101 Å². The number of ether oxygens (including phenoxy) is 1. The number of piperidine rings is 1. The number of aryl methyl sites for hydroxylation is 1. The fourth-order valence-electron chi connectivity index (χ4n) is 14.3. The zero-order valence-corrected chi connectivity index (χ0v) is 54.2. The van der Waals surface area contributed by atoms with Crippen molar-refractivity contribution in [1.82, 2.24) is 67.8 Å². The van der Waals surface area contributed by atoms with Crippen LogP contribution in [0.4, 0.5) is 30.6 Å². The summed E-state index contributed by atoms with van der Waals surface area (Å²) in [5, 5.41) is 31.3. The Morgan fingerprint density at radius 1 is 0.667 bits per heavy atom. The number of nitrogens with one attached hydrogen (secondary N) is 2. The van der Waals surface area contributed by atoms with Gasteiger partial charge in [-0.1, -0.05) is 48.0 Å². The molecule has 3 aromatic carbocycles. The molecule has 22 nitrogen and oxygen atoms in total. The Labute approximate surface area is 556 Å². The van der Waals surface area contributed by atoms with Crippen molar-refractivity contribution < 1.29 is 37.7 Å². The van der Waals surface area contributed by atoms with Gasteiger partial charge in [-0.15, -0.1) is 13.2 Å². The Morgan fingerprint density at radius 3 is 1.85 bits per heavy atom. The Balaban J connectivity index is 0.000000125. The van der Waals surface area contributed by atoms with Gasteiger partial charge in [0.25, 0.3) is 5.91 Å². The van der Waals surface area contributed by atoms with Gasteiger partial charge in [0, 0.05) is 96.1 Å². The highest BCUT2D eigenvalue weighted by atomic mass is 35.5. The molecule has 10 aromatic heterocycles. The van der Waals surface area contributed by atoms with Crippen LogP contribution < -0.4 is 21.9 Å². The number of benzene rings is 3. The molecule has 2 aliphatic carbocycles. The molecular formula is C69H69ClF3N17O5S. The lowest BCUT2D eigenvalue weighted by Gasteiger charge is -2.35. The van der Waals surface area contributed by atoms with Crippen LogP contribution in [0.25, 0.3) is 83.3 Å². The third-order valence-electron chi connectivity index (χ3n) is 19.3. The van der Waals surface area contributed by atoms with Crippen molar-refractivity contribution in [2.24, 2.45) is 18.9 Å². The van der Waals surface area contributed by atoms with E-state index in [1.165, 1.54) is 29.8 Å². The zero-order valence-electron chi connectivity index (χ0n) is 52.6. The normalized spacial score (nSPS) is 18.1. The van der Waals surface area contributed by atoms with Crippen LogP contribution in [0.2, 0.25) is 5.02 Å². The Bertz CT molecular complexity index is 5060. The molecule has 1 aliphatic heterocycles. The lowest BCUT2D eigenvalue weighted by molar-refractivity contribution is -0.274. The van der Waals surface area contributed by atoms with Crippen molar-refractivity contribution in [3.05, 3.63) is 155 Å². The van der Waals surface area contributed by atoms with Crippen LogP contribution in [0.15, 0.2) is 127 Å². The molecule has 96 heavy (non-hydrogen) atoms. The number of anilines is 3. The molecule has 0 atom stereocenters. The molecule has 0 bridgehead atoms. The lowest BCUT2D eigenvalue weighted by Crippen LogP contribution is -2.38. The highest BCUT2D eigenvalue weighted by Crippen LogP contribution is 2.44. The Hall–Kier alpha value is -10.1. The number of halogens is 4. The van der Waals surface area contributed by atoms with E-state index in [1.807, 2.05) is 83.7 Å². The topological polar surface area (TPSA) is 305 Å². The number of carbonyl (C=O) groups excluding carboxylic acids is 1. The summed E-state index contributed by atoms with van der Waals surface area (Å²) in [4.78, 5) is 60.0. The zero-order chi connectivity index (χ0) is 66.9. The number of carbonyl (C=O) groups is 2. The van der Waals surface area contributed by atoms with E-state index in [0.717, 1.165) is 106 Å². The summed E-state index contributed by atoms with van der Waals surface area (Å²) in [6.45, 7) is 5.01. The molecule has 3 fully saturated rings. The number of aliphatic hydroxyl groups is 1. The van der Waals surface area contributed by atoms with E-state index in [9.17, 15) is 33.0 Å². The number of nitrogens with two attached hydrogens (primary N) is 3. The van der Waals surface area contributed by atoms with Gasteiger partial charge in [-0.2, -0.15) is 16.4 Å². The molecule has 1 saturated heterocycles. The second-order valence-corrected chi connectivity index (χ2v) is 26.8. The standard InChI is InChI=1S/C25H21F3N6O2S.C23H26ClN5O.C21H22N6O2/c26-25(27,28)36-18-3-1-2-15-12-17(31-19(15)18)20-21-22(29)30-7-10-34(21)23(32-20)14-4-8-33(9-5-14)24(35)16-6-11-37-13-16;1-23(2,30)15-8-6-13(7-9-15)22-28-19(20-21(25)26-10-11-29(20)22)17-12-14-4-3-5-16(24)18(14)27-17;1-26-9-8-12-2-7-15(10-16(12)26)17-18-19(22)23-11-24-27(18)20(25-17)13-3-5-14(6-4-13)21(28)29/h1-3,6-7,10-14,31H,4-5,8-9H2,(H2,29,30);3-5,10-13,15,27,30H,6-9H2,1-2H3,(H2,25,26);2,7-11,13-14H,3-6H2,1H3,(H,28,29)(H2,22,23,24). The first kappa shape index (κ1) is 63.3. The summed E-state index contributed by atoms with van der Waals surface area (Å²) in [6, 6.07) is 24.2. The fraction of sp³-hybridized carbons (Fsp3) is 0.319. The third kappa shape index (κ3) is 12.2. The third-order valence-corrected chi connectivity index (χ3v) is 20.3. The number of nitrogens with zero attached hydrogens (tertiary/aromatic N) is 12. The van der Waals surface area contributed by atoms with Crippen molar-refractivity contribution in [3.63, 3.8) is 0 Å². The number of amides is 1. The number of hydrogen-bond donors (Lipinski definition) is 7. The van der Waals surface area contributed by atoms with Crippen LogP contribution in [-0.2, 0) is 11.8 Å². The van der Waals surface area contributed by atoms with Crippen LogP contribution in [0, 0.1) is 11.8 Å². The first-order valence-corrected chi connectivity index (χ1v) is 33.2. The summed E-state index contributed by atoms with van der Waals surface area (Å²) in [5.41, 5.74) is 27.5. The maximum Gasteiger partial charge on any atom is 0.573 e. The molecule has 2 saturated carbocycles. The Morgan fingerprint density at radius 2 is 1.25 bits per heavy atom. The number of carboxylic acid groups (broad SMARTS) is 1. The maximum absolute atomic E-state index is 12.9. The average Bonchev–Trinajstić information content (AvgIpc) is 1.62. The van der Waals surface area contributed by atoms with Crippen LogP contribution in [0.5, 0.6) is 5.75 Å². The van der Waals surface area contributed by atoms with Crippen molar-refractivity contribution in [2.75, 3.05) is 30.3 Å². The van der Waals surface area contributed by atoms with Gasteiger partial charge < -0.3 is 51.6 Å². The van der Waals surface area contributed by atoms with Crippen LogP contribution in [-0.4, -0.2) is 115 Å². The van der Waals surface area contributed by atoms with Gasteiger partial charge in [0.05, 0.1) is 44.5 Å². The minimum Gasteiger partial charge on any atom is -0.481 e. The minimum atomic E-state index is -4.82. The molecule has 27 heteroatoms. The predicted molar refractivity (Wildman–Crippen MR) is 364 cm³/mol. The molecule has 11 heterocycles. The highest BCUT2D eigenvalue weighted by molar-refractivity contribution is 7.08. The smallest absolute Gasteiger partial charge is 0.481 e. The van der Waals surface area contributed by atoms with E-state index in [1.54, 1.807) is 35.2 Å². The largest absolute Gasteiger partial charge is 0.573 e. The van der Waals surface area contributed by atoms with E-state index in [4.69, 9.17) is 43.8 Å². The number of aromatic amines is 2. The monoisotopic (exact) mass is 1340 g/mol. The molecule has 13 aromatic rings. The van der Waals surface area contributed by atoms with Gasteiger partial charge in [-0.05, 0) is 137 Å². The number of aromatic nitrogens is 13. The first-order chi connectivity index (χ1) is 46.1. The van der Waals surface area contributed by atoms with Crippen molar-refractivity contribution in [2.45, 2.75) is 108 Å². The van der Waals surface area contributed by atoms with E-state index < -0.39 is 17.9 Å². The summed E-state index contributed by atoms with van der Waals surface area (Å²) >= 11 is 7.86. The number of H-pyrrole nitrogens is 2. The molecule has 16 rings (SSSR count). The first-order valence-electron chi connectivity index (χ1n) is 31.9. The Kier molecular flexibility index (Phi) is 16.7. The summed E-state index contributed by atoms with van der Waals surface area (Å²) in [6.07, 6.45) is 13.9. The van der Waals surface area contributed by atoms with Gasteiger partial charge in [-0.3, -0.25) is 18.4 Å². The average molecular weight is 1340 g/mol. The molecular weight excluding hydrogens is 1270 g/mol. The lowest BCUT2D eigenvalue weighted by atomic mass is 9.74. The highest BCUT2D eigenvalue weighted by Gasteiger charge is 2.37. The van der Waals surface area contributed by atoms with Crippen LogP contribution in [0.1, 0.15) is 124 Å². The SMILES string of the molecule is CC(C)(O)C1CCC(c2nc(-c3cc4cccc(Cl)c4[nH]3)c3c(N)nccn23)CC1.Cn1ccc2ccc(-c3nc(C4CCC(C(=O)O)CC4)n4ncnc(N)c34)cc21.Nc1nccn2c(C3CCN(C(=O)c4ccsc4)CC3)nc(-c3cc4cccc(OC(F)(F)F)c4[nH]3)c12. The number of likely N-dealkylation sites (tertiary alicyclic amines) is 1. The number of thiophene rings is 1. The number of hydrogen-bond acceptors (Lipinski definition) is 15. The number of carboxylic acids is 1. The van der Waals surface area contributed by atoms with Gasteiger partial charge in [-0.25, -0.2) is 34.4 Å². The summed E-state index contributed by atoms with van der Waals surface area (Å²) in [5.74, 6) is 3.29. The molecule has 0 unspecified atom stereocenters. The number of fused-ring (bicyclic) bond motifs is 6. The number of nitrogen functional groups attached to an aromatic ring is 3. The van der Waals surface area contributed by atoms with Crippen molar-refractivity contribution in [3.8, 4) is 39.8 Å². The molecule has 0 radical (unpaired) electrons. The number of aliphatic carboxylic acids is 1. The van der Waals surface area contributed by atoms with E-state index >= 15 is 0 Å². The van der Waals surface area contributed by atoms with Crippen LogP contribution in [0.3, 0.4) is 0 Å². The number of alkyl halides is 3. The molecule has 3 aliphatic rings. The van der Waals surface area contributed by atoms with Crippen molar-refractivity contribution in [1.29, 1.82) is 0 Å². The quantitative estimate of drug-likeness (QED) is 0.0669. The van der Waals surface area contributed by atoms with Gasteiger partial charge in [0.2, 0.25) is 0 Å². The van der Waals surface area contributed by atoms with E-state index in [2.05, 4.69) is 68.0 Å². The second kappa shape index (κ2) is 25.3. The molecule has 494 valence electrons. The number of imidazole rings is 3. The number of para-hydroxylation sites is 2. The molecule has 10 N–H and O–H groups in total. The van der Waals surface area contributed by atoms with E-state index in [-0.39, 0.29) is 40.7 Å². The van der Waals surface area contributed by atoms with Crippen molar-refractivity contribution >= 4 is 102 Å². The predicted octanol–water partition coefficient (Wildman–Crippen LogP) is 13.8. The number of rotatable bonds is 10. The van der Waals surface area contributed by atoms with Gasteiger partial charge >= 0.3 is 12.3 Å². The van der Waals surface area contributed by atoms with Crippen LogP contribution >= 0.6 is 22.9 Å². The molecule has 0 spiro atoms. The molecule has 1 amide bonds. The summed E-state index contributed by atoms with van der Waals surface area (Å²) in [7, 11) is 2.02. The van der Waals surface area contributed by atoms with Gasteiger partial charge in [0.1, 0.15) is 69.1 Å².